The third-order valence-electron chi connectivity index (χ3n) is 4.92. The molecule has 5 nitrogen and oxygen atoms in total. The summed E-state index contributed by atoms with van der Waals surface area (Å²) in [4.78, 5) is 26.8. The normalized spacial score (nSPS) is 11.6. The zero-order valence-electron chi connectivity index (χ0n) is 17.5. The molecule has 6 heteroatoms. The summed E-state index contributed by atoms with van der Waals surface area (Å²) >= 11 is 0. The van der Waals surface area contributed by atoms with Gasteiger partial charge in [0.1, 0.15) is 17.6 Å². The van der Waals surface area contributed by atoms with E-state index < -0.39 is 11.9 Å². The van der Waals surface area contributed by atoms with Crippen molar-refractivity contribution in [2.75, 3.05) is 13.2 Å². The minimum absolute atomic E-state index is 0.0115. The summed E-state index contributed by atoms with van der Waals surface area (Å²) < 4.78 is 19.9. The van der Waals surface area contributed by atoms with Gasteiger partial charge in [-0.05, 0) is 50.5 Å². The summed E-state index contributed by atoms with van der Waals surface area (Å²) in [6.45, 7) is 7.75. The Hall–Kier alpha value is -2.89. The molecule has 1 unspecified atom stereocenters. The first-order valence-electron chi connectivity index (χ1n) is 9.84. The Kier molecular flexibility index (Phi) is 8.19. The van der Waals surface area contributed by atoms with Crippen LogP contribution in [-0.2, 0) is 16.1 Å². The van der Waals surface area contributed by atoms with Crippen molar-refractivity contribution >= 4 is 11.8 Å². The molecule has 0 bridgehead atoms. The predicted molar refractivity (Wildman–Crippen MR) is 111 cm³/mol. The van der Waals surface area contributed by atoms with Gasteiger partial charge < -0.3 is 15.0 Å². The van der Waals surface area contributed by atoms with E-state index in [1.54, 1.807) is 31.2 Å². The van der Waals surface area contributed by atoms with Gasteiger partial charge in [0.25, 0.3) is 5.91 Å². The molecule has 0 aliphatic rings. The lowest BCUT2D eigenvalue weighted by molar-refractivity contribution is -0.142. The van der Waals surface area contributed by atoms with Gasteiger partial charge in [0.2, 0.25) is 5.91 Å². The molecule has 1 atom stereocenters. The van der Waals surface area contributed by atoms with E-state index in [0.717, 1.165) is 17.5 Å². The lowest BCUT2D eigenvalue weighted by Crippen LogP contribution is -2.49. The number of nitrogens with zero attached hydrogens (tertiary/aromatic N) is 1. The molecule has 0 heterocycles. The maximum atomic E-state index is 14.2. The number of carbonyl (C=O) groups is 2. The van der Waals surface area contributed by atoms with E-state index in [1.807, 2.05) is 32.9 Å². The van der Waals surface area contributed by atoms with Gasteiger partial charge in [0.05, 0.1) is 0 Å². The Bertz CT molecular complexity index is 854. The average molecular weight is 400 g/mol. The molecule has 0 radical (unpaired) electrons. The standard InChI is InChI=1S/C23H29FN2O3/c1-5-13-25-23(28)18(4)26(14-19-10-6-7-11-20(19)24)22(27)15-29-21-12-8-9-16(2)17(21)3/h6-12,18H,5,13-15H2,1-4H3,(H,25,28). The van der Waals surface area contributed by atoms with E-state index in [-0.39, 0.29) is 25.0 Å². The number of carbonyl (C=O) groups excluding carboxylic acids is 2. The highest BCUT2D eigenvalue weighted by atomic mass is 19.1. The van der Waals surface area contributed by atoms with Crippen LogP contribution in [-0.4, -0.2) is 35.9 Å². The molecule has 1 N–H and O–H groups in total. The number of nitrogens with one attached hydrogen (secondary N) is 1. The van der Waals surface area contributed by atoms with Crippen molar-refractivity contribution in [3.05, 3.63) is 65.0 Å². The second-order valence-electron chi connectivity index (χ2n) is 7.07. The summed E-state index contributed by atoms with van der Waals surface area (Å²) in [6, 6.07) is 11.1. The number of halogens is 1. The first kappa shape index (κ1) is 22.4. The number of aryl methyl sites for hydroxylation is 1. The van der Waals surface area contributed by atoms with Crippen LogP contribution < -0.4 is 10.1 Å². The Morgan fingerprint density at radius 2 is 1.86 bits per heavy atom. The fraction of sp³-hybridized carbons (Fsp3) is 0.391. The first-order chi connectivity index (χ1) is 13.8. The zero-order valence-corrected chi connectivity index (χ0v) is 17.5. The summed E-state index contributed by atoms with van der Waals surface area (Å²) in [7, 11) is 0. The second kappa shape index (κ2) is 10.6. The molecule has 0 spiro atoms. The third kappa shape index (κ3) is 6.04. The van der Waals surface area contributed by atoms with Gasteiger partial charge in [-0.3, -0.25) is 9.59 Å². The maximum Gasteiger partial charge on any atom is 0.261 e. The second-order valence-corrected chi connectivity index (χ2v) is 7.07. The van der Waals surface area contributed by atoms with Crippen LogP contribution >= 0.6 is 0 Å². The van der Waals surface area contributed by atoms with Crippen LogP contribution in [0.3, 0.4) is 0 Å². The highest BCUT2D eigenvalue weighted by molar-refractivity contribution is 5.88. The maximum absolute atomic E-state index is 14.2. The molecule has 0 aliphatic carbocycles. The van der Waals surface area contributed by atoms with Gasteiger partial charge in [-0.1, -0.05) is 37.3 Å². The van der Waals surface area contributed by atoms with Crippen molar-refractivity contribution in [3.63, 3.8) is 0 Å². The smallest absolute Gasteiger partial charge is 0.261 e. The molecule has 0 aromatic heterocycles. The van der Waals surface area contributed by atoms with Crippen molar-refractivity contribution in [2.45, 2.75) is 46.7 Å². The van der Waals surface area contributed by atoms with Gasteiger partial charge in [-0.25, -0.2) is 4.39 Å². The number of hydrogen-bond donors (Lipinski definition) is 1. The summed E-state index contributed by atoms with van der Waals surface area (Å²) in [5, 5.41) is 2.79. The molecule has 2 aromatic rings. The molecule has 0 fully saturated rings. The predicted octanol–water partition coefficient (Wildman–Crippen LogP) is 3.76. The SMILES string of the molecule is CCCNC(=O)C(C)N(Cc1ccccc1F)C(=O)COc1cccc(C)c1C. The van der Waals surface area contributed by atoms with Crippen molar-refractivity contribution in [1.82, 2.24) is 10.2 Å². The highest BCUT2D eigenvalue weighted by Gasteiger charge is 2.27. The Balaban J connectivity index is 2.18. The van der Waals surface area contributed by atoms with Crippen LogP contribution in [0.25, 0.3) is 0 Å². The average Bonchev–Trinajstić information content (AvgIpc) is 2.71. The van der Waals surface area contributed by atoms with Crippen molar-refractivity contribution in [3.8, 4) is 5.75 Å². The quantitative estimate of drug-likeness (QED) is 0.697. The summed E-state index contributed by atoms with van der Waals surface area (Å²) in [5.74, 6) is -0.453. The van der Waals surface area contributed by atoms with E-state index in [4.69, 9.17) is 4.74 Å². The van der Waals surface area contributed by atoms with Crippen LogP contribution in [0.2, 0.25) is 0 Å². The molecule has 156 valence electrons. The van der Waals surface area contributed by atoms with E-state index in [0.29, 0.717) is 17.9 Å². The van der Waals surface area contributed by atoms with Crippen LogP contribution in [0, 0.1) is 19.7 Å². The van der Waals surface area contributed by atoms with Gasteiger partial charge in [-0.15, -0.1) is 0 Å². The minimum atomic E-state index is -0.754. The topological polar surface area (TPSA) is 58.6 Å². The van der Waals surface area contributed by atoms with Gasteiger partial charge >= 0.3 is 0 Å². The molecular weight excluding hydrogens is 371 g/mol. The van der Waals surface area contributed by atoms with E-state index in [2.05, 4.69) is 5.32 Å². The number of benzene rings is 2. The lowest BCUT2D eigenvalue weighted by Gasteiger charge is -2.29. The minimum Gasteiger partial charge on any atom is -0.483 e. The number of amides is 2. The molecule has 0 saturated carbocycles. The Morgan fingerprint density at radius 3 is 2.55 bits per heavy atom. The van der Waals surface area contributed by atoms with Crippen LogP contribution in [0.15, 0.2) is 42.5 Å². The highest BCUT2D eigenvalue weighted by Crippen LogP contribution is 2.21. The zero-order chi connectivity index (χ0) is 21.4. The van der Waals surface area contributed by atoms with Gasteiger partial charge in [0.15, 0.2) is 6.61 Å². The van der Waals surface area contributed by atoms with Crippen LogP contribution in [0.5, 0.6) is 5.75 Å². The molecular formula is C23H29FN2O3. The lowest BCUT2D eigenvalue weighted by atomic mass is 10.1. The van der Waals surface area contributed by atoms with E-state index in [9.17, 15) is 14.0 Å². The molecule has 0 aliphatic heterocycles. The first-order valence-corrected chi connectivity index (χ1v) is 9.84. The number of rotatable bonds is 9. The third-order valence-corrected chi connectivity index (χ3v) is 4.92. The van der Waals surface area contributed by atoms with Crippen molar-refractivity contribution in [2.24, 2.45) is 0 Å². The molecule has 0 saturated heterocycles. The largest absolute Gasteiger partial charge is 0.483 e. The number of hydrogen-bond acceptors (Lipinski definition) is 3. The van der Waals surface area contributed by atoms with Crippen molar-refractivity contribution in [1.29, 1.82) is 0 Å². The van der Waals surface area contributed by atoms with E-state index in [1.165, 1.54) is 11.0 Å². The van der Waals surface area contributed by atoms with E-state index >= 15 is 0 Å². The molecule has 29 heavy (non-hydrogen) atoms. The van der Waals surface area contributed by atoms with Crippen LogP contribution in [0.4, 0.5) is 4.39 Å². The van der Waals surface area contributed by atoms with Gasteiger partial charge in [0, 0.05) is 18.7 Å². The van der Waals surface area contributed by atoms with Gasteiger partial charge in [-0.2, -0.15) is 0 Å². The summed E-state index contributed by atoms with van der Waals surface area (Å²) in [6.07, 6.45) is 0.787. The number of ether oxygens (including phenoxy) is 1. The monoisotopic (exact) mass is 400 g/mol. The fourth-order valence-corrected chi connectivity index (χ4v) is 2.89. The molecule has 2 aromatic carbocycles. The summed E-state index contributed by atoms with van der Waals surface area (Å²) in [5.41, 5.74) is 2.36. The molecule has 2 amide bonds. The Labute approximate surface area is 171 Å². The van der Waals surface area contributed by atoms with Crippen LogP contribution in [0.1, 0.15) is 37.0 Å². The fourth-order valence-electron chi connectivity index (χ4n) is 2.89. The van der Waals surface area contributed by atoms with Crippen molar-refractivity contribution < 1.29 is 18.7 Å². The molecule has 2 rings (SSSR count). The Morgan fingerprint density at radius 1 is 1.14 bits per heavy atom.